The van der Waals surface area contributed by atoms with E-state index in [0.717, 1.165) is 11.1 Å². The molecule has 0 aliphatic rings. The number of anilines is 1. The number of nitrogens with one attached hydrogen (secondary N) is 2. The van der Waals surface area contributed by atoms with E-state index in [0.29, 0.717) is 11.4 Å². The third-order valence-corrected chi connectivity index (χ3v) is 3.19. The van der Waals surface area contributed by atoms with Crippen LogP contribution < -0.4 is 16.6 Å². The van der Waals surface area contributed by atoms with E-state index in [4.69, 9.17) is 5.84 Å². The van der Waals surface area contributed by atoms with Gasteiger partial charge in [0.25, 0.3) is 5.91 Å². The first kappa shape index (κ1) is 14.0. The van der Waals surface area contributed by atoms with E-state index in [9.17, 15) is 4.79 Å². The predicted molar refractivity (Wildman–Crippen MR) is 79.1 cm³/mol. The molecule has 0 spiro atoms. The van der Waals surface area contributed by atoms with Crippen LogP contribution in [0.4, 0.5) is 5.82 Å². The zero-order valence-corrected chi connectivity index (χ0v) is 11.6. The number of pyridine rings is 1. The number of rotatable bonds is 4. The average Bonchev–Trinajstić information content (AvgIpc) is 2.47. The second-order valence-corrected chi connectivity index (χ2v) is 4.60. The summed E-state index contributed by atoms with van der Waals surface area (Å²) in [6, 6.07) is 11.3. The first-order chi connectivity index (χ1) is 9.63. The number of hydrogen-bond acceptors (Lipinski definition) is 4. The molecular weight excluding hydrogens is 252 g/mol. The Morgan fingerprint density at radius 1 is 1.25 bits per heavy atom. The van der Waals surface area contributed by atoms with Gasteiger partial charge >= 0.3 is 0 Å². The van der Waals surface area contributed by atoms with Gasteiger partial charge in [-0.15, -0.1) is 0 Å². The number of aromatic nitrogens is 1. The maximum absolute atomic E-state index is 12.3. The van der Waals surface area contributed by atoms with Crippen molar-refractivity contribution in [2.45, 2.75) is 19.9 Å². The van der Waals surface area contributed by atoms with Crippen molar-refractivity contribution in [3.05, 3.63) is 59.3 Å². The molecule has 0 saturated heterocycles. The fraction of sp³-hybridized carbons (Fsp3) is 0.200. The number of nitrogen functional groups attached to an aromatic ring is 1. The minimum atomic E-state index is -0.207. The summed E-state index contributed by atoms with van der Waals surface area (Å²) in [5.74, 6) is 5.52. The molecule has 0 fully saturated rings. The number of carbonyl (C=O) groups is 1. The van der Waals surface area contributed by atoms with Gasteiger partial charge in [0.05, 0.1) is 11.6 Å². The first-order valence-corrected chi connectivity index (χ1v) is 6.41. The van der Waals surface area contributed by atoms with Gasteiger partial charge in [-0.25, -0.2) is 10.8 Å². The number of amides is 1. The molecule has 5 nitrogen and oxygen atoms in total. The van der Waals surface area contributed by atoms with Crippen molar-refractivity contribution in [3.63, 3.8) is 0 Å². The number of nitrogens with zero attached hydrogens (tertiary/aromatic N) is 1. The van der Waals surface area contributed by atoms with E-state index >= 15 is 0 Å². The first-order valence-electron chi connectivity index (χ1n) is 6.41. The molecule has 0 bridgehead atoms. The minimum Gasteiger partial charge on any atom is -0.345 e. The van der Waals surface area contributed by atoms with Gasteiger partial charge in [-0.1, -0.05) is 24.3 Å². The summed E-state index contributed by atoms with van der Waals surface area (Å²) in [6.45, 7) is 3.97. The minimum absolute atomic E-state index is 0.0884. The maximum atomic E-state index is 12.3. The van der Waals surface area contributed by atoms with Gasteiger partial charge in [0.15, 0.2) is 5.82 Å². The molecule has 1 unspecified atom stereocenters. The topological polar surface area (TPSA) is 80.0 Å². The van der Waals surface area contributed by atoms with Crippen molar-refractivity contribution in [2.75, 3.05) is 5.43 Å². The van der Waals surface area contributed by atoms with Crippen LogP contribution in [0.3, 0.4) is 0 Å². The summed E-state index contributed by atoms with van der Waals surface area (Å²) < 4.78 is 0. The summed E-state index contributed by atoms with van der Waals surface area (Å²) in [4.78, 5) is 16.3. The maximum Gasteiger partial charge on any atom is 0.255 e. The van der Waals surface area contributed by atoms with Crippen LogP contribution in [0.25, 0.3) is 0 Å². The van der Waals surface area contributed by atoms with Gasteiger partial charge in [-0.2, -0.15) is 0 Å². The van der Waals surface area contributed by atoms with Crippen LogP contribution in [0.2, 0.25) is 0 Å². The number of hydrazine groups is 1. The average molecular weight is 270 g/mol. The van der Waals surface area contributed by atoms with Crippen LogP contribution in [0.15, 0.2) is 42.6 Å². The second kappa shape index (κ2) is 6.16. The Kier molecular flexibility index (Phi) is 4.32. The van der Waals surface area contributed by atoms with Gasteiger partial charge in [0.1, 0.15) is 0 Å². The molecule has 20 heavy (non-hydrogen) atoms. The molecule has 2 aromatic rings. The quantitative estimate of drug-likeness (QED) is 0.587. The molecule has 2 rings (SSSR count). The zero-order chi connectivity index (χ0) is 14.5. The lowest BCUT2D eigenvalue weighted by Gasteiger charge is -2.17. The second-order valence-electron chi connectivity index (χ2n) is 4.60. The van der Waals surface area contributed by atoms with Crippen molar-refractivity contribution in [1.82, 2.24) is 10.3 Å². The van der Waals surface area contributed by atoms with Gasteiger partial charge in [0.2, 0.25) is 0 Å². The number of benzene rings is 1. The van der Waals surface area contributed by atoms with Crippen molar-refractivity contribution < 1.29 is 4.79 Å². The summed E-state index contributed by atoms with van der Waals surface area (Å²) in [6.07, 6.45) is 1.58. The van der Waals surface area contributed by atoms with E-state index in [1.54, 1.807) is 18.3 Å². The smallest absolute Gasteiger partial charge is 0.255 e. The third-order valence-electron chi connectivity index (χ3n) is 3.19. The van der Waals surface area contributed by atoms with Crippen molar-refractivity contribution in [3.8, 4) is 0 Å². The molecule has 0 saturated carbocycles. The Morgan fingerprint density at radius 2 is 2.00 bits per heavy atom. The highest BCUT2D eigenvalue weighted by Gasteiger charge is 2.15. The molecule has 0 radical (unpaired) electrons. The normalized spacial score (nSPS) is 11.8. The molecule has 1 aromatic carbocycles. The monoisotopic (exact) mass is 270 g/mol. The number of nitrogens with two attached hydrogens (primary N) is 1. The lowest BCUT2D eigenvalue weighted by Crippen LogP contribution is -2.28. The van der Waals surface area contributed by atoms with E-state index in [1.807, 2.05) is 38.1 Å². The summed E-state index contributed by atoms with van der Waals surface area (Å²) >= 11 is 0. The molecule has 0 aliphatic heterocycles. The highest BCUT2D eigenvalue weighted by atomic mass is 16.1. The van der Waals surface area contributed by atoms with Gasteiger partial charge in [-0.3, -0.25) is 4.79 Å². The van der Waals surface area contributed by atoms with Gasteiger partial charge < -0.3 is 10.7 Å². The number of hydrogen-bond donors (Lipinski definition) is 3. The molecule has 1 aromatic heterocycles. The fourth-order valence-corrected chi connectivity index (χ4v) is 2.13. The van der Waals surface area contributed by atoms with Crippen LogP contribution >= 0.6 is 0 Å². The highest BCUT2D eigenvalue weighted by Crippen LogP contribution is 2.18. The molecule has 1 heterocycles. The lowest BCUT2D eigenvalue weighted by molar-refractivity contribution is 0.0940. The Morgan fingerprint density at radius 3 is 2.70 bits per heavy atom. The van der Waals surface area contributed by atoms with E-state index in [-0.39, 0.29) is 11.9 Å². The van der Waals surface area contributed by atoms with Crippen molar-refractivity contribution in [2.24, 2.45) is 5.84 Å². The van der Waals surface area contributed by atoms with Crippen LogP contribution in [0.1, 0.15) is 34.5 Å². The third kappa shape index (κ3) is 2.95. The van der Waals surface area contributed by atoms with Crippen LogP contribution in [-0.2, 0) is 0 Å². The Balaban J connectivity index is 2.18. The van der Waals surface area contributed by atoms with Crippen LogP contribution in [-0.4, -0.2) is 10.9 Å². The largest absolute Gasteiger partial charge is 0.345 e. The van der Waals surface area contributed by atoms with E-state index in [1.165, 1.54) is 0 Å². The molecule has 104 valence electrons. The van der Waals surface area contributed by atoms with E-state index in [2.05, 4.69) is 15.7 Å². The van der Waals surface area contributed by atoms with Gasteiger partial charge in [-0.05, 0) is 37.1 Å². The SMILES string of the molecule is Cc1ccccc1C(C)NC(=O)c1cccnc1NN. The summed E-state index contributed by atoms with van der Waals surface area (Å²) in [5, 5.41) is 2.95. The Labute approximate surface area is 118 Å². The summed E-state index contributed by atoms with van der Waals surface area (Å²) in [7, 11) is 0. The van der Waals surface area contributed by atoms with Crippen molar-refractivity contribution >= 4 is 11.7 Å². The summed E-state index contributed by atoms with van der Waals surface area (Å²) in [5.41, 5.74) is 5.09. The van der Waals surface area contributed by atoms with Gasteiger partial charge in [0, 0.05) is 6.20 Å². The van der Waals surface area contributed by atoms with Crippen LogP contribution in [0.5, 0.6) is 0 Å². The molecule has 0 aliphatic carbocycles. The fourth-order valence-electron chi connectivity index (χ4n) is 2.13. The predicted octanol–water partition coefficient (Wildman–Crippen LogP) is 2.17. The highest BCUT2D eigenvalue weighted by molar-refractivity contribution is 5.98. The Hall–Kier alpha value is -2.40. The van der Waals surface area contributed by atoms with Crippen LogP contribution in [0, 0.1) is 6.92 Å². The number of aryl methyl sites for hydroxylation is 1. The molecular formula is C15H18N4O. The van der Waals surface area contributed by atoms with E-state index < -0.39 is 0 Å². The molecule has 4 N–H and O–H groups in total. The zero-order valence-electron chi connectivity index (χ0n) is 11.6. The lowest BCUT2D eigenvalue weighted by atomic mass is 10.0. The molecule has 1 amide bonds. The molecule has 1 atom stereocenters. The standard InChI is InChI=1S/C15H18N4O/c1-10-6-3-4-7-12(10)11(2)18-15(20)13-8-5-9-17-14(13)19-16/h3-9,11H,16H2,1-2H3,(H,17,19)(H,18,20). The molecule has 5 heteroatoms. The van der Waals surface area contributed by atoms with Crippen molar-refractivity contribution in [1.29, 1.82) is 0 Å². The Bertz CT molecular complexity index is 612. The number of carbonyl (C=O) groups excluding carboxylic acids is 1.